The molecular formula is C13H21N3O. The molecule has 1 amide bonds. The van der Waals surface area contributed by atoms with Crippen LogP contribution in [-0.4, -0.2) is 16.5 Å². The number of nitrogens with one attached hydrogen (secondary N) is 1. The average molecular weight is 235 g/mol. The van der Waals surface area contributed by atoms with Gasteiger partial charge < -0.3 is 15.6 Å². The number of fused-ring (bicyclic) bond motifs is 1. The molecule has 0 aromatic carbocycles. The minimum absolute atomic E-state index is 0.0327. The summed E-state index contributed by atoms with van der Waals surface area (Å²) in [5.41, 5.74) is 8.79. The SMILES string of the molecule is CC(C)NC(=O)c1cc(CN)n2c1CCCC2. The zero-order valence-corrected chi connectivity index (χ0v) is 10.6. The first-order valence-electron chi connectivity index (χ1n) is 6.35. The van der Waals surface area contributed by atoms with Crippen LogP contribution in [0.25, 0.3) is 0 Å². The van der Waals surface area contributed by atoms with Crippen molar-refractivity contribution in [3.8, 4) is 0 Å². The standard InChI is InChI=1S/C13H21N3O/c1-9(2)15-13(17)11-7-10(8-14)16-6-4-3-5-12(11)16/h7,9H,3-6,8,14H2,1-2H3,(H,15,17). The second-order valence-corrected chi connectivity index (χ2v) is 4.94. The fourth-order valence-corrected chi connectivity index (χ4v) is 2.46. The normalized spacial score (nSPS) is 14.8. The molecule has 1 aliphatic rings. The number of nitrogens with zero attached hydrogens (tertiary/aromatic N) is 1. The van der Waals surface area contributed by atoms with E-state index in [1.165, 1.54) is 6.42 Å². The van der Waals surface area contributed by atoms with E-state index in [1.54, 1.807) is 0 Å². The van der Waals surface area contributed by atoms with Gasteiger partial charge in [-0.2, -0.15) is 0 Å². The first kappa shape index (κ1) is 12.2. The molecule has 4 heteroatoms. The van der Waals surface area contributed by atoms with Gasteiger partial charge in [0.1, 0.15) is 0 Å². The van der Waals surface area contributed by atoms with E-state index in [0.29, 0.717) is 6.54 Å². The van der Waals surface area contributed by atoms with E-state index in [9.17, 15) is 4.79 Å². The summed E-state index contributed by atoms with van der Waals surface area (Å²) >= 11 is 0. The molecule has 0 unspecified atom stereocenters. The van der Waals surface area contributed by atoms with E-state index in [2.05, 4.69) is 9.88 Å². The number of carbonyl (C=O) groups is 1. The van der Waals surface area contributed by atoms with Gasteiger partial charge in [-0.05, 0) is 39.2 Å². The molecule has 94 valence electrons. The maximum atomic E-state index is 12.1. The summed E-state index contributed by atoms with van der Waals surface area (Å²) in [6.07, 6.45) is 3.33. The van der Waals surface area contributed by atoms with Gasteiger partial charge in [0.2, 0.25) is 0 Å². The smallest absolute Gasteiger partial charge is 0.253 e. The number of nitrogens with two attached hydrogens (primary N) is 1. The summed E-state index contributed by atoms with van der Waals surface area (Å²) in [5.74, 6) is 0.0327. The molecule has 2 rings (SSSR count). The summed E-state index contributed by atoms with van der Waals surface area (Å²) < 4.78 is 2.22. The molecule has 4 nitrogen and oxygen atoms in total. The van der Waals surface area contributed by atoms with Crippen molar-refractivity contribution in [2.75, 3.05) is 0 Å². The van der Waals surface area contributed by atoms with E-state index in [1.807, 2.05) is 19.9 Å². The molecule has 1 aromatic rings. The third-order valence-corrected chi connectivity index (χ3v) is 3.21. The first-order valence-corrected chi connectivity index (χ1v) is 6.35. The molecule has 0 atom stereocenters. The molecule has 1 aromatic heterocycles. The van der Waals surface area contributed by atoms with Gasteiger partial charge in [-0.3, -0.25) is 4.79 Å². The summed E-state index contributed by atoms with van der Waals surface area (Å²) in [7, 11) is 0. The molecule has 0 saturated carbocycles. The minimum atomic E-state index is 0.0327. The van der Waals surface area contributed by atoms with Crippen LogP contribution < -0.4 is 11.1 Å². The van der Waals surface area contributed by atoms with Gasteiger partial charge in [-0.25, -0.2) is 0 Å². The Morgan fingerprint density at radius 2 is 2.29 bits per heavy atom. The first-order chi connectivity index (χ1) is 8.13. The quantitative estimate of drug-likeness (QED) is 0.832. The Labute approximate surface area is 102 Å². The second-order valence-electron chi connectivity index (χ2n) is 4.94. The molecule has 1 aliphatic heterocycles. The van der Waals surface area contributed by atoms with Gasteiger partial charge in [0.15, 0.2) is 0 Å². The second kappa shape index (κ2) is 4.92. The fourth-order valence-electron chi connectivity index (χ4n) is 2.46. The van der Waals surface area contributed by atoms with E-state index >= 15 is 0 Å². The lowest BCUT2D eigenvalue weighted by Crippen LogP contribution is -2.31. The number of hydrogen-bond acceptors (Lipinski definition) is 2. The van der Waals surface area contributed by atoms with Crippen LogP contribution in [0.1, 0.15) is 48.4 Å². The van der Waals surface area contributed by atoms with Crippen LogP contribution in [0, 0.1) is 0 Å². The number of rotatable bonds is 3. The van der Waals surface area contributed by atoms with Gasteiger partial charge in [-0.15, -0.1) is 0 Å². The van der Waals surface area contributed by atoms with Crippen LogP contribution >= 0.6 is 0 Å². The monoisotopic (exact) mass is 235 g/mol. The Kier molecular flexibility index (Phi) is 3.52. The fraction of sp³-hybridized carbons (Fsp3) is 0.615. The van der Waals surface area contributed by atoms with Gasteiger partial charge in [0, 0.05) is 30.5 Å². The number of carbonyl (C=O) groups excluding carboxylic acids is 1. The largest absolute Gasteiger partial charge is 0.350 e. The van der Waals surface area contributed by atoms with Crippen molar-refractivity contribution in [3.63, 3.8) is 0 Å². The van der Waals surface area contributed by atoms with Gasteiger partial charge >= 0.3 is 0 Å². The number of hydrogen-bond donors (Lipinski definition) is 2. The lowest BCUT2D eigenvalue weighted by molar-refractivity contribution is 0.0941. The van der Waals surface area contributed by atoms with Crippen molar-refractivity contribution in [2.45, 2.75) is 52.2 Å². The van der Waals surface area contributed by atoms with Crippen LogP contribution in [0.15, 0.2) is 6.07 Å². The van der Waals surface area contributed by atoms with Crippen LogP contribution in [0.4, 0.5) is 0 Å². The minimum Gasteiger partial charge on any atom is -0.350 e. The highest BCUT2D eigenvalue weighted by atomic mass is 16.1. The predicted octanol–water partition coefficient (Wildman–Crippen LogP) is 1.42. The number of amides is 1. The summed E-state index contributed by atoms with van der Waals surface area (Å²) in [6, 6.07) is 2.13. The third kappa shape index (κ3) is 2.36. The number of aromatic nitrogens is 1. The van der Waals surface area contributed by atoms with Crippen molar-refractivity contribution in [2.24, 2.45) is 5.73 Å². The maximum Gasteiger partial charge on any atom is 0.253 e. The molecule has 2 heterocycles. The van der Waals surface area contributed by atoms with Crippen molar-refractivity contribution >= 4 is 5.91 Å². The van der Waals surface area contributed by atoms with Gasteiger partial charge in [-0.1, -0.05) is 0 Å². The molecule has 0 spiro atoms. The molecular weight excluding hydrogens is 214 g/mol. The van der Waals surface area contributed by atoms with E-state index in [-0.39, 0.29) is 11.9 Å². The molecule has 0 radical (unpaired) electrons. The molecule has 0 aliphatic carbocycles. The third-order valence-electron chi connectivity index (χ3n) is 3.21. The zero-order valence-electron chi connectivity index (χ0n) is 10.6. The maximum absolute atomic E-state index is 12.1. The van der Waals surface area contributed by atoms with Crippen LogP contribution in [0.5, 0.6) is 0 Å². The zero-order chi connectivity index (χ0) is 12.4. The van der Waals surface area contributed by atoms with Crippen molar-refractivity contribution in [1.29, 1.82) is 0 Å². The van der Waals surface area contributed by atoms with E-state index < -0.39 is 0 Å². The topological polar surface area (TPSA) is 60.1 Å². The highest BCUT2D eigenvalue weighted by molar-refractivity contribution is 5.96. The van der Waals surface area contributed by atoms with Crippen molar-refractivity contribution in [1.82, 2.24) is 9.88 Å². The van der Waals surface area contributed by atoms with Crippen LogP contribution in [-0.2, 0) is 19.5 Å². The highest BCUT2D eigenvalue weighted by Crippen LogP contribution is 2.23. The highest BCUT2D eigenvalue weighted by Gasteiger charge is 2.21. The van der Waals surface area contributed by atoms with Crippen LogP contribution in [0.3, 0.4) is 0 Å². The van der Waals surface area contributed by atoms with Crippen molar-refractivity contribution in [3.05, 3.63) is 23.0 Å². The summed E-state index contributed by atoms with van der Waals surface area (Å²) in [4.78, 5) is 12.1. The Morgan fingerprint density at radius 1 is 1.53 bits per heavy atom. The van der Waals surface area contributed by atoms with Gasteiger partial charge in [0.25, 0.3) is 5.91 Å². The Bertz CT molecular complexity index is 421. The Hall–Kier alpha value is -1.29. The molecule has 0 saturated heterocycles. The van der Waals surface area contributed by atoms with Crippen LogP contribution in [0.2, 0.25) is 0 Å². The predicted molar refractivity (Wildman–Crippen MR) is 67.9 cm³/mol. The average Bonchev–Trinajstić information content (AvgIpc) is 2.67. The van der Waals surface area contributed by atoms with Gasteiger partial charge in [0.05, 0.1) is 5.56 Å². The molecule has 0 fully saturated rings. The lowest BCUT2D eigenvalue weighted by Gasteiger charge is -2.18. The lowest BCUT2D eigenvalue weighted by atomic mass is 10.1. The molecule has 17 heavy (non-hydrogen) atoms. The Morgan fingerprint density at radius 3 is 2.94 bits per heavy atom. The Balaban J connectivity index is 2.34. The summed E-state index contributed by atoms with van der Waals surface area (Å²) in [5, 5.41) is 2.95. The van der Waals surface area contributed by atoms with E-state index in [0.717, 1.165) is 36.3 Å². The summed E-state index contributed by atoms with van der Waals surface area (Å²) in [6.45, 7) is 5.45. The van der Waals surface area contributed by atoms with Crippen molar-refractivity contribution < 1.29 is 4.79 Å². The van der Waals surface area contributed by atoms with E-state index in [4.69, 9.17) is 5.73 Å². The molecule has 0 bridgehead atoms. The molecule has 3 N–H and O–H groups in total.